The van der Waals surface area contributed by atoms with E-state index >= 15 is 0 Å². The molecule has 0 atom stereocenters. The van der Waals surface area contributed by atoms with Crippen LogP contribution in [0, 0.1) is 0 Å². The summed E-state index contributed by atoms with van der Waals surface area (Å²) in [7, 11) is 1.19. The number of carbonyl (C=O) groups is 1. The average Bonchev–Trinajstić information content (AvgIpc) is 2.71. The average molecular weight is 387 g/mol. The third kappa shape index (κ3) is 4.49. The molecule has 2 aromatic carbocycles. The van der Waals surface area contributed by atoms with Crippen molar-refractivity contribution in [3.8, 4) is 17.1 Å². The maximum Gasteiger partial charge on any atom is 0.417 e. The van der Waals surface area contributed by atoms with Gasteiger partial charge in [0.25, 0.3) is 0 Å². The fraction of sp³-hybridized carbons (Fsp3) is 0.143. The molecule has 28 heavy (non-hydrogen) atoms. The summed E-state index contributed by atoms with van der Waals surface area (Å²) in [6, 6.07) is 16.8. The molecular weight excluding hydrogens is 371 g/mol. The van der Waals surface area contributed by atoms with Gasteiger partial charge in [0.05, 0.1) is 23.9 Å². The number of rotatable bonds is 5. The number of esters is 1. The lowest BCUT2D eigenvalue weighted by molar-refractivity contribution is -0.137. The van der Waals surface area contributed by atoms with E-state index in [9.17, 15) is 18.0 Å². The summed E-state index contributed by atoms with van der Waals surface area (Å²) in [5.41, 5.74) is -0.125. The summed E-state index contributed by atoms with van der Waals surface area (Å²) in [5.74, 6) is -0.670. The van der Waals surface area contributed by atoms with E-state index in [0.29, 0.717) is 0 Å². The van der Waals surface area contributed by atoms with Crippen molar-refractivity contribution in [3.63, 3.8) is 0 Å². The van der Waals surface area contributed by atoms with E-state index in [4.69, 9.17) is 9.47 Å². The van der Waals surface area contributed by atoms with Crippen LogP contribution in [0.2, 0.25) is 0 Å². The van der Waals surface area contributed by atoms with Gasteiger partial charge in [-0.15, -0.1) is 0 Å². The first-order chi connectivity index (χ1) is 13.4. The smallest absolute Gasteiger partial charge is 0.417 e. The highest BCUT2D eigenvalue weighted by Gasteiger charge is 2.34. The maximum atomic E-state index is 13.4. The Hall–Kier alpha value is -3.35. The topological polar surface area (TPSA) is 48.4 Å². The third-order valence-electron chi connectivity index (χ3n) is 3.96. The highest BCUT2D eigenvalue weighted by Crippen LogP contribution is 2.37. The fourth-order valence-corrected chi connectivity index (χ4v) is 2.64. The Kier molecular flexibility index (Phi) is 5.63. The minimum atomic E-state index is -4.56. The van der Waals surface area contributed by atoms with Gasteiger partial charge in [-0.1, -0.05) is 48.5 Å². The monoisotopic (exact) mass is 387 g/mol. The van der Waals surface area contributed by atoms with E-state index in [-0.39, 0.29) is 29.3 Å². The number of hydrogen-bond acceptors (Lipinski definition) is 4. The van der Waals surface area contributed by atoms with Crippen LogP contribution >= 0.6 is 0 Å². The van der Waals surface area contributed by atoms with Crippen molar-refractivity contribution >= 4 is 5.97 Å². The van der Waals surface area contributed by atoms with E-state index in [1.165, 1.54) is 37.4 Å². The minimum Gasteiger partial charge on any atom is -0.473 e. The molecule has 4 nitrogen and oxygen atoms in total. The van der Waals surface area contributed by atoms with E-state index < -0.39 is 17.7 Å². The molecule has 0 unspecified atom stereocenters. The van der Waals surface area contributed by atoms with Crippen molar-refractivity contribution < 1.29 is 27.4 Å². The molecule has 0 radical (unpaired) electrons. The van der Waals surface area contributed by atoms with Crippen LogP contribution in [0.1, 0.15) is 21.5 Å². The normalized spacial score (nSPS) is 11.1. The van der Waals surface area contributed by atoms with Crippen molar-refractivity contribution in [3.05, 3.63) is 83.4 Å². The molecule has 0 aliphatic carbocycles. The van der Waals surface area contributed by atoms with Crippen LogP contribution < -0.4 is 4.74 Å². The van der Waals surface area contributed by atoms with Crippen LogP contribution in [-0.2, 0) is 17.5 Å². The Morgan fingerprint density at radius 3 is 2.36 bits per heavy atom. The van der Waals surface area contributed by atoms with Crippen LogP contribution in [0.15, 0.2) is 66.7 Å². The molecule has 0 aliphatic rings. The predicted octanol–water partition coefficient (Wildman–Crippen LogP) is 5.13. The second-order valence-electron chi connectivity index (χ2n) is 5.89. The second kappa shape index (κ2) is 8.12. The van der Waals surface area contributed by atoms with E-state index in [1.807, 2.05) is 30.3 Å². The molecule has 0 saturated carbocycles. The predicted molar refractivity (Wildman–Crippen MR) is 96.8 cm³/mol. The number of aromatic nitrogens is 1. The minimum absolute atomic E-state index is 0.0266. The zero-order valence-corrected chi connectivity index (χ0v) is 14.9. The van der Waals surface area contributed by atoms with Gasteiger partial charge in [0, 0.05) is 11.6 Å². The maximum absolute atomic E-state index is 13.4. The van der Waals surface area contributed by atoms with Crippen LogP contribution in [0.5, 0.6) is 5.88 Å². The Labute approximate surface area is 159 Å². The molecule has 7 heteroatoms. The first kappa shape index (κ1) is 19.4. The van der Waals surface area contributed by atoms with Crippen LogP contribution in [-0.4, -0.2) is 18.1 Å². The number of alkyl halides is 3. The standard InChI is InChI=1S/C21H16F3NO3/c1-27-20(26)15-11-18(16-9-5-6-10-17(16)21(22,23)24)25-19(12-15)28-13-14-7-3-2-4-8-14/h2-12H,13H2,1H3. The molecule has 1 aromatic heterocycles. The van der Waals surface area contributed by atoms with Crippen LogP contribution in [0.4, 0.5) is 13.2 Å². The lowest BCUT2D eigenvalue weighted by Crippen LogP contribution is -2.09. The van der Waals surface area contributed by atoms with Gasteiger partial charge in [-0.05, 0) is 17.7 Å². The third-order valence-corrected chi connectivity index (χ3v) is 3.96. The van der Waals surface area contributed by atoms with Crippen molar-refractivity contribution in [2.75, 3.05) is 7.11 Å². The summed E-state index contributed by atoms with van der Waals surface area (Å²) in [5, 5.41) is 0. The van der Waals surface area contributed by atoms with Crippen LogP contribution in [0.3, 0.4) is 0 Å². The number of methoxy groups -OCH3 is 1. The molecule has 1 heterocycles. The molecule has 3 aromatic rings. The van der Waals surface area contributed by atoms with Gasteiger partial charge in [-0.3, -0.25) is 0 Å². The quantitative estimate of drug-likeness (QED) is 0.569. The molecular formula is C21H16F3NO3. The summed E-state index contributed by atoms with van der Waals surface area (Å²) < 4.78 is 50.4. The number of pyridine rings is 1. The number of nitrogens with zero attached hydrogens (tertiary/aromatic N) is 1. The summed E-state index contributed by atoms with van der Waals surface area (Å²) in [6.45, 7) is 0.152. The number of ether oxygens (including phenoxy) is 2. The molecule has 3 rings (SSSR count). The SMILES string of the molecule is COC(=O)c1cc(OCc2ccccc2)nc(-c2ccccc2C(F)(F)F)c1. The molecule has 0 saturated heterocycles. The van der Waals surface area contributed by atoms with Crippen molar-refractivity contribution in [2.45, 2.75) is 12.8 Å². The van der Waals surface area contributed by atoms with Gasteiger partial charge in [-0.2, -0.15) is 13.2 Å². The summed E-state index contributed by atoms with van der Waals surface area (Å²) in [6.07, 6.45) is -4.56. The Bertz CT molecular complexity index is 972. The largest absolute Gasteiger partial charge is 0.473 e. The number of carbonyl (C=O) groups excluding carboxylic acids is 1. The molecule has 0 bridgehead atoms. The summed E-state index contributed by atoms with van der Waals surface area (Å²) >= 11 is 0. The van der Waals surface area contributed by atoms with Crippen molar-refractivity contribution in [2.24, 2.45) is 0 Å². The van der Waals surface area contributed by atoms with Gasteiger partial charge in [0.2, 0.25) is 5.88 Å². The van der Waals surface area contributed by atoms with E-state index in [0.717, 1.165) is 11.6 Å². The molecule has 0 fully saturated rings. The number of benzene rings is 2. The number of halogens is 3. The molecule has 0 aliphatic heterocycles. The molecule has 144 valence electrons. The Balaban J connectivity index is 2.03. The second-order valence-corrected chi connectivity index (χ2v) is 5.89. The highest BCUT2D eigenvalue weighted by atomic mass is 19.4. The zero-order valence-electron chi connectivity index (χ0n) is 14.9. The van der Waals surface area contributed by atoms with Crippen molar-refractivity contribution in [1.29, 1.82) is 0 Å². The summed E-state index contributed by atoms with van der Waals surface area (Å²) in [4.78, 5) is 16.2. The molecule has 0 spiro atoms. The number of hydrogen-bond donors (Lipinski definition) is 0. The first-order valence-electron chi connectivity index (χ1n) is 8.32. The van der Waals surface area contributed by atoms with Gasteiger partial charge in [-0.25, -0.2) is 9.78 Å². The van der Waals surface area contributed by atoms with Crippen LogP contribution in [0.25, 0.3) is 11.3 Å². The first-order valence-corrected chi connectivity index (χ1v) is 8.32. The lowest BCUT2D eigenvalue weighted by Gasteiger charge is -2.14. The van der Waals surface area contributed by atoms with Gasteiger partial charge in [0.1, 0.15) is 6.61 Å². The van der Waals surface area contributed by atoms with Gasteiger partial charge in [0.15, 0.2) is 0 Å². The van der Waals surface area contributed by atoms with Gasteiger partial charge < -0.3 is 9.47 Å². The van der Waals surface area contributed by atoms with E-state index in [1.54, 1.807) is 0 Å². The highest BCUT2D eigenvalue weighted by molar-refractivity contribution is 5.91. The lowest BCUT2D eigenvalue weighted by atomic mass is 10.0. The zero-order chi connectivity index (χ0) is 20.1. The fourth-order valence-electron chi connectivity index (χ4n) is 2.64. The van der Waals surface area contributed by atoms with Gasteiger partial charge >= 0.3 is 12.1 Å². The molecule has 0 N–H and O–H groups in total. The molecule has 0 amide bonds. The van der Waals surface area contributed by atoms with E-state index in [2.05, 4.69) is 4.98 Å². The van der Waals surface area contributed by atoms with Crippen molar-refractivity contribution in [1.82, 2.24) is 4.98 Å². The Morgan fingerprint density at radius 2 is 1.68 bits per heavy atom. The Morgan fingerprint density at radius 1 is 1.00 bits per heavy atom.